The van der Waals surface area contributed by atoms with Gasteiger partial charge in [0.05, 0.1) is 32.3 Å². The first kappa shape index (κ1) is 16.7. The zero-order valence-electron chi connectivity index (χ0n) is 14.8. The molecule has 0 fully saturated rings. The lowest BCUT2D eigenvalue weighted by molar-refractivity contribution is 0.263. The maximum absolute atomic E-state index is 5.76. The third-order valence-electron chi connectivity index (χ3n) is 3.65. The lowest BCUT2D eigenvalue weighted by atomic mass is 10.3. The number of hydrogen-bond donors (Lipinski definition) is 0. The quantitative estimate of drug-likeness (QED) is 0.493. The fraction of sp³-hybridized carbons (Fsp3) is 0.250. The van der Waals surface area contributed by atoms with E-state index in [-0.39, 0.29) is 12.5 Å². The van der Waals surface area contributed by atoms with E-state index in [2.05, 4.69) is 30.4 Å². The van der Waals surface area contributed by atoms with Crippen LogP contribution in [0.15, 0.2) is 29.0 Å². The van der Waals surface area contributed by atoms with Gasteiger partial charge < -0.3 is 18.7 Å². The van der Waals surface area contributed by atoms with E-state index in [1.807, 2.05) is 0 Å². The van der Waals surface area contributed by atoms with E-state index in [9.17, 15) is 0 Å². The van der Waals surface area contributed by atoms with Gasteiger partial charge in [-0.2, -0.15) is 4.52 Å². The van der Waals surface area contributed by atoms with Gasteiger partial charge in [-0.3, -0.25) is 4.98 Å². The molecule has 0 aliphatic carbocycles. The van der Waals surface area contributed by atoms with E-state index >= 15 is 0 Å². The summed E-state index contributed by atoms with van der Waals surface area (Å²) in [6.45, 7) is 1.94. The summed E-state index contributed by atoms with van der Waals surface area (Å²) in [6.07, 6.45) is 3.07. The summed E-state index contributed by atoms with van der Waals surface area (Å²) in [4.78, 5) is 8.29. The van der Waals surface area contributed by atoms with E-state index in [1.165, 1.54) is 24.9 Å². The van der Waals surface area contributed by atoms with E-state index in [1.54, 1.807) is 25.3 Å². The maximum atomic E-state index is 5.76. The van der Waals surface area contributed by atoms with Crippen LogP contribution in [0.4, 0.5) is 0 Å². The molecular formula is C16H15N7O4. The summed E-state index contributed by atoms with van der Waals surface area (Å²) >= 11 is 0. The molecule has 0 spiro atoms. The predicted molar refractivity (Wildman–Crippen MR) is 90.5 cm³/mol. The number of nitrogens with zero attached hydrogens (tertiary/aromatic N) is 7. The molecule has 11 nitrogen and oxygen atoms in total. The Morgan fingerprint density at radius 2 is 1.96 bits per heavy atom. The molecule has 0 aromatic carbocycles. The summed E-state index contributed by atoms with van der Waals surface area (Å²) in [5.41, 5.74) is 1.61. The molecule has 4 aromatic rings. The number of rotatable bonds is 6. The fourth-order valence-electron chi connectivity index (χ4n) is 2.34. The topological polar surface area (TPSA) is 123 Å². The summed E-state index contributed by atoms with van der Waals surface area (Å²) in [5, 5.41) is 16.6. The Hall–Kier alpha value is -3.76. The van der Waals surface area contributed by atoms with Gasteiger partial charge in [0.15, 0.2) is 17.1 Å². The van der Waals surface area contributed by atoms with Gasteiger partial charge >= 0.3 is 0 Å². The number of aromatic nitrogens is 7. The van der Waals surface area contributed by atoms with Gasteiger partial charge in [0.25, 0.3) is 5.88 Å². The Morgan fingerprint density at radius 3 is 2.63 bits per heavy atom. The minimum atomic E-state index is 0.145. The third kappa shape index (κ3) is 3.21. The molecule has 0 aliphatic heterocycles. The second kappa shape index (κ2) is 6.86. The van der Waals surface area contributed by atoms with Gasteiger partial charge in [0, 0.05) is 12.1 Å². The van der Waals surface area contributed by atoms with Crippen LogP contribution in [0, 0.1) is 6.92 Å². The van der Waals surface area contributed by atoms with Crippen LogP contribution in [-0.2, 0) is 6.61 Å². The number of hydrogen-bond acceptors (Lipinski definition) is 10. The molecule has 4 aromatic heterocycles. The molecule has 4 rings (SSSR count). The van der Waals surface area contributed by atoms with Crippen LogP contribution in [0.3, 0.4) is 0 Å². The lowest BCUT2D eigenvalue weighted by Crippen LogP contribution is -2.05. The summed E-state index contributed by atoms with van der Waals surface area (Å²) in [6, 6.07) is 3.42. The fourth-order valence-corrected chi connectivity index (χ4v) is 2.34. The maximum Gasteiger partial charge on any atom is 0.275 e. The van der Waals surface area contributed by atoms with Crippen molar-refractivity contribution in [3.8, 4) is 29.0 Å². The molecular weight excluding hydrogens is 354 g/mol. The first-order chi connectivity index (χ1) is 13.2. The lowest BCUT2D eigenvalue weighted by Gasteiger charge is -2.09. The number of aryl methyl sites for hydroxylation is 1. The Kier molecular flexibility index (Phi) is 4.24. The zero-order chi connectivity index (χ0) is 18.8. The molecule has 0 radical (unpaired) electrons. The third-order valence-corrected chi connectivity index (χ3v) is 3.65. The van der Waals surface area contributed by atoms with Crippen LogP contribution >= 0.6 is 0 Å². The zero-order valence-corrected chi connectivity index (χ0v) is 14.8. The molecule has 11 heteroatoms. The highest BCUT2D eigenvalue weighted by atomic mass is 16.5. The standard InChI is InChI=1S/C16H15N7O4/c1-9-4-11(22-27-9)15-20-19-13-5-12(24-2)16(21-23(13)15)26-8-10-6-18-14(25-3)7-17-10/h4-7H,8H2,1-3H3. The van der Waals surface area contributed by atoms with Gasteiger partial charge in [-0.25, -0.2) is 4.98 Å². The number of methoxy groups -OCH3 is 2. The molecule has 0 unspecified atom stereocenters. The molecule has 0 saturated heterocycles. The molecule has 27 heavy (non-hydrogen) atoms. The van der Waals surface area contributed by atoms with Crippen molar-refractivity contribution in [2.75, 3.05) is 14.2 Å². The molecule has 0 amide bonds. The van der Waals surface area contributed by atoms with Crippen molar-refractivity contribution in [2.24, 2.45) is 0 Å². The van der Waals surface area contributed by atoms with E-state index < -0.39 is 0 Å². The number of ether oxygens (including phenoxy) is 3. The Balaban J connectivity index is 1.66. The summed E-state index contributed by atoms with van der Waals surface area (Å²) in [7, 11) is 3.04. The SMILES string of the molecule is COc1cnc(COc2nn3c(-c4cc(C)on4)nnc3cc2OC)cn1. The van der Waals surface area contributed by atoms with Gasteiger partial charge in [-0.05, 0) is 6.92 Å². The van der Waals surface area contributed by atoms with Crippen molar-refractivity contribution in [1.82, 2.24) is 34.9 Å². The minimum Gasteiger partial charge on any atom is -0.491 e. The van der Waals surface area contributed by atoms with Crippen molar-refractivity contribution in [2.45, 2.75) is 13.5 Å². The van der Waals surface area contributed by atoms with Gasteiger partial charge in [0.1, 0.15) is 12.4 Å². The number of fused-ring (bicyclic) bond motifs is 1. The first-order valence-electron chi connectivity index (χ1n) is 7.90. The van der Waals surface area contributed by atoms with Gasteiger partial charge in [-0.1, -0.05) is 5.16 Å². The Bertz CT molecular complexity index is 1070. The second-order valence-electron chi connectivity index (χ2n) is 5.47. The van der Waals surface area contributed by atoms with Crippen LogP contribution in [0.1, 0.15) is 11.5 Å². The van der Waals surface area contributed by atoms with Crippen LogP contribution in [-0.4, -0.2) is 49.2 Å². The molecule has 0 N–H and O–H groups in total. The molecule has 4 heterocycles. The van der Waals surface area contributed by atoms with Crippen molar-refractivity contribution in [3.05, 3.63) is 36.0 Å². The van der Waals surface area contributed by atoms with E-state index in [0.717, 1.165) is 0 Å². The average Bonchev–Trinajstić information content (AvgIpc) is 3.31. The minimum absolute atomic E-state index is 0.145. The van der Waals surface area contributed by atoms with Crippen molar-refractivity contribution < 1.29 is 18.7 Å². The van der Waals surface area contributed by atoms with E-state index in [4.69, 9.17) is 18.7 Å². The summed E-state index contributed by atoms with van der Waals surface area (Å²) in [5.74, 6) is 2.18. The monoisotopic (exact) mass is 369 g/mol. The highest BCUT2D eigenvalue weighted by Crippen LogP contribution is 2.28. The van der Waals surface area contributed by atoms with Crippen LogP contribution in [0.5, 0.6) is 17.5 Å². The van der Waals surface area contributed by atoms with Crippen molar-refractivity contribution >= 4 is 5.65 Å². The Morgan fingerprint density at radius 1 is 1.07 bits per heavy atom. The van der Waals surface area contributed by atoms with Crippen LogP contribution < -0.4 is 14.2 Å². The molecule has 0 atom stereocenters. The normalized spacial score (nSPS) is 10.9. The largest absolute Gasteiger partial charge is 0.491 e. The second-order valence-corrected chi connectivity index (χ2v) is 5.47. The Labute approximate surface area is 152 Å². The van der Waals surface area contributed by atoms with Crippen LogP contribution in [0.2, 0.25) is 0 Å². The van der Waals surface area contributed by atoms with Gasteiger partial charge in [-0.15, -0.1) is 15.3 Å². The molecule has 0 saturated carbocycles. The highest BCUT2D eigenvalue weighted by molar-refractivity contribution is 5.56. The molecule has 138 valence electrons. The highest BCUT2D eigenvalue weighted by Gasteiger charge is 2.17. The first-order valence-corrected chi connectivity index (χ1v) is 7.90. The van der Waals surface area contributed by atoms with Gasteiger partial charge in [0.2, 0.25) is 11.7 Å². The van der Waals surface area contributed by atoms with Crippen molar-refractivity contribution in [1.29, 1.82) is 0 Å². The van der Waals surface area contributed by atoms with Crippen molar-refractivity contribution in [3.63, 3.8) is 0 Å². The smallest absolute Gasteiger partial charge is 0.275 e. The average molecular weight is 369 g/mol. The summed E-state index contributed by atoms with van der Waals surface area (Å²) < 4.78 is 22.7. The molecule has 0 aliphatic rings. The molecule has 0 bridgehead atoms. The predicted octanol–water partition coefficient (Wildman–Crippen LogP) is 1.47. The van der Waals surface area contributed by atoms with Crippen LogP contribution in [0.25, 0.3) is 17.2 Å². The van der Waals surface area contributed by atoms with E-state index in [0.29, 0.717) is 40.2 Å².